The first-order valence-electron chi connectivity index (χ1n) is 12.2. The summed E-state index contributed by atoms with van der Waals surface area (Å²) in [6, 6.07) is 25.0. The molecule has 0 spiro atoms. The van der Waals surface area contributed by atoms with Gasteiger partial charge in [0.05, 0.1) is 6.10 Å². The summed E-state index contributed by atoms with van der Waals surface area (Å²) in [5, 5.41) is 5.98. The number of nitrogens with zero attached hydrogens (tertiary/aromatic N) is 1. The molecule has 1 atom stereocenters. The number of para-hydroxylation sites is 1. The van der Waals surface area contributed by atoms with Gasteiger partial charge in [-0.25, -0.2) is 4.79 Å². The third-order valence-electron chi connectivity index (χ3n) is 6.10. The van der Waals surface area contributed by atoms with Crippen LogP contribution < -0.4 is 15.4 Å². The van der Waals surface area contributed by atoms with Crippen LogP contribution in [-0.4, -0.2) is 36.0 Å². The first-order chi connectivity index (χ1) is 17.0. The van der Waals surface area contributed by atoms with Gasteiger partial charge in [-0.15, -0.1) is 0 Å². The molecule has 3 aromatic carbocycles. The van der Waals surface area contributed by atoms with Gasteiger partial charge in [0.2, 0.25) is 0 Å². The second kappa shape index (κ2) is 11.6. The lowest BCUT2D eigenvalue weighted by atomic mass is 9.89. The Morgan fingerprint density at radius 1 is 1.00 bits per heavy atom. The maximum atomic E-state index is 12.8. The summed E-state index contributed by atoms with van der Waals surface area (Å²) in [5.74, 6) is 0.914. The van der Waals surface area contributed by atoms with Crippen molar-refractivity contribution in [1.29, 1.82) is 0 Å². The number of rotatable bonds is 7. The number of anilines is 1. The standard InChI is InChI=1S/C29H33N3O3/c1-21(2)35-27-15-13-22(14-16-27)19-30-28(33)24-9-6-8-23(18-24)25-10-7-17-32(20-25)29(34)31-26-11-4-3-5-12-26/h3-6,8-9,11-16,18,21,25H,7,10,17,19-20H2,1-2H3,(H,30,33)(H,31,34). The predicted octanol–water partition coefficient (Wildman–Crippen LogP) is 5.82. The van der Waals surface area contributed by atoms with Crippen LogP contribution in [0, 0.1) is 0 Å². The lowest BCUT2D eigenvalue weighted by Crippen LogP contribution is -2.41. The van der Waals surface area contributed by atoms with Crippen molar-refractivity contribution in [3.8, 4) is 5.75 Å². The topological polar surface area (TPSA) is 70.7 Å². The number of nitrogens with one attached hydrogen (secondary N) is 2. The van der Waals surface area contributed by atoms with E-state index < -0.39 is 0 Å². The summed E-state index contributed by atoms with van der Waals surface area (Å²) in [4.78, 5) is 27.4. The van der Waals surface area contributed by atoms with Crippen molar-refractivity contribution in [2.45, 2.75) is 45.3 Å². The molecule has 6 nitrogen and oxygen atoms in total. The average Bonchev–Trinajstić information content (AvgIpc) is 2.88. The van der Waals surface area contributed by atoms with Crippen molar-refractivity contribution in [3.05, 3.63) is 95.6 Å². The van der Waals surface area contributed by atoms with Crippen LogP contribution in [0.25, 0.3) is 0 Å². The highest BCUT2D eigenvalue weighted by Gasteiger charge is 2.25. The highest BCUT2D eigenvalue weighted by Crippen LogP contribution is 2.28. The number of carbonyl (C=O) groups is 2. The third kappa shape index (κ3) is 6.85. The fourth-order valence-electron chi connectivity index (χ4n) is 4.33. The molecule has 1 unspecified atom stereocenters. The Labute approximate surface area is 207 Å². The van der Waals surface area contributed by atoms with Gasteiger partial charge in [-0.1, -0.05) is 42.5 Å². The third-order valence-corrected chi connectivity index (χ3v) is 6.10. The molecular formula is C29H33N3O3. The molecule has 3 aromatic rings. The lowest BCUT2D eigenvalue weighted by Gasteiger charge is -2.33. The van der Waals surface area contributed by atoms with Crippen LogP contribution >= 0.6 is 0 Å². The average molecular weight is 472 g/mol. The van der Waals surface area contributed by atoms with Crippen LogP contribution in [0.4, 0.5) is 10.5 Å². The zero-order valence-corrected chi connectivity index (χ0v) is 20.4. The van der Waals surface area contributed by atoms with E-state index in [4.69, 9.17) is 4.74 Å². The molecular weight excluding hydrogens is 438 g/mol. The van der Waals surface area contributed by atoms with E-state index in [0.717, 1.165) is 42.0 Å². The summed E-state index contributed by atoms with van der Waals surface area (Å²) in [6.45, 7) is 5.80. The Morgan fingerprint density at radius 3 is 2.51 bits per heavy atom. The molecule has 1 fully saturated rings. The van der Waals surface area contributed by atoms with Crippen molar-refractivity contribution >= 4 is 17.6 Å². The van der Waals surface area contributed by atoms with Crippen LogP contribution in [0.3, 0.4) is 0 Å². The second-order valence-electron chi connectivity index (χ2n) is 9.20. The van der Waals surface area contributed by atoms with Gasteiger partial charge < -0.3 is 20.3 Å². The normalized spacial score (nSPS) is 15.5. The minimum absolute atomic E-state index is 0.0837. The summed E-state index contributed by atoms with van der Waals surface area (Å²) in [7, 11) is 0. The number of hydrogen-bond acceptors (Lipinski definition) is 3. The molecule has 1 aliphatic heterocycles. The van der Waals surface area contributed by atoms with Crippen molar-refractivity contribution < 1.29 is 14.3 Å². The van der Waals surface area contributed by atoms with Crippen LogP contribution in [0.15, 0.2) is 78.9 Å². The number of hydrogen-bond donors (Lipinski definition) is 2. The molecule has 0 aromatic heterocycles. The van der Waals surface area contributed by atoms with E-state index in [1.807, 2.05) is 97.6 Å². The molecule has 2 N–H and O–H groups in total. The molecule has 182 valence electrons. The maximum Gasteiger partial charge on any atom is 0.321 e. The number of ether oxygens (including phenoxy) is 1. The summed E-state index contributed by atoms with van der Waals surface area (Å²) < 4.78 is 5.67. The summed E-state index contributed by atoms with van der Waals surface area (Å²) in [6.07, 6.45) is 2.05. The first kappa shape index (κ1) is 24.3. The quantitative estimate of drug-likeness (QED) is 0.456. The zero-order valence-electron chi connectivity index (χ0n) is 20.4. The van der Waals surface area contributed by atoms with Gasteiger partial charge in [-0.3, -0.25) is 4.79 Å². The summed E-state index contributed by atoms with van der Waals surface area (Å²) in [5.41, 5.74) is 3.52. The monoisotopic (exact) mass is 471 g/mol. The molecule has 0 saturated carbocycles. The van der Waals surface area contributed by atoms with E-state index in [1.54, 1.807) is 0 Å². The van der Waals surface area contributed by atoms with E-state index in [0.29, 0.717) is 18.7 Å². The van der Waals surface area contributed by atoms with Crippen molar-refractivity contribution in [1.82, 2.24) is 10.2 Å². The molecule has 0 radical (unpaired) electrons. The zero-order chi connectivity index (χ0) is 24.6. The van der Waals surface area contributed by atoms with Gasteiger partial charge in [0.25, 0.3) is 5.91 Å². The Kier molecular flexibility index (Phi) is 8.03. The molecule has 1 aliphatic rings. The van der Waals surface area contributed by atoms with Gasteiger partial charge in [0.15, 0.2) is 0 Å². The van der Waals surface area contributed by atoms with E-state index in [9.17, 15) is 9.59 Å². The Bertz CT molecular complexity index is 1130. The van der Waals surface area contributed by atoms with Gasteiger partial charge in [-0.2, -0.15) is 0 Å². The van der Waals surface area contributed by atoms with E-state index in [-0.39, 0.29) is 24.0 Å². The molecule has 3 amide bonds. The van der Waals surface area contributed by atoms with Crippen molar-refractivity contribution in [3.63, 3.8) is 0 Å². The molecule has 35 heavy (non-hydrogen) atoms. The summed E-state index contributed by atoms with van der Waals surface area (Å²) >= 11 is 0. The lowest BCUT2D eigenvalue weighted by molar-refractivity contribution is 0.0950. The van der Waals surface area contributed by atoms with Crippen molar-refractivity contribution in [2.75, 3.05) is 18.4 Å². The molecule has 0 bridgehead atoms. The number of urea groups is 1. The number of carbonyl (C=O) groups excluding carboxylic acids is 2. The smallest absolute Gasteiger partial charge is 0.321 e. The Balaban J connectivity index is 1.34. The number of likely N-dealkylation sites (tertiary alicyclic amines) is 1. The molecule has 1 saturated heterocycles. The maximum absolute atomic E-state index is 12.8. The van der Waals surface area contributed by atoms with Crippen LogP contribution in [0.2, 0.25) is 0 Å². The van der Waals surface area contributed by atoms with Gasteiger partial charge in [0, 0.05) is 36.8 Å². The Morgan fingerprint density at radius 2 is 1.77 bits per heavy atom. The predicted molar refractivity (Wildman–Crippen MR) is 139 cm³/mol. The molecule has 1 heterocycles. The largest absolute Gasteiger partial charge is 0.491 e. The van der Waals surface area contributed by atoms with E-state index in [1.165, 1.54) is 0 Å². The van der Waals surface area contributed by atoms with Gasteiger partial charge >= 0.3 is 6.03 Å². The number of amides is 3. The number of benzene rings is 3. The first-order valence-corrected chi connectivity index (χ1v) is 12.2. The minimum Gasteiger partial charge on any atom is -0.491 e. The highest BCUT2D eigenvalue weighted by atomic mass is 16.5. The fourth-order valence-corrected chi connectivity index (χ4v) is 4.33. The van der Waals surface area contributed by atoms with E-state index in [2.05, 4.69) is 10.6 Å². The molecule has 6 heteroatoms. The van der Waals surface area contributed by atoms with Crippen molar-refractivity contribution in [2.24, 2.45) is 0 Å². The van der Waals surface area contributed by atoms with Crippen LogP contribution in [-0.2, 0) is 6.54 Å². The van der Waals surface area contributed by atoms with Gasteiger partial charge in [0.1, 0.15) is 5.75 Å². The fraction of sp³-hybridized carbons (Fsp3) is 0.310. The van der Waals surface area contributed by atoms with Crippen LogP contribution in [0.1, 0.15) is 54.1 Å². The van der Waals surface area contributed by atoms with Crippen LogP contribution in [0.5, 0.6) is 5.75 Å². The van der Waals surface area contributed by atoms with Gasteiger partial charge in [-0.05, 0) is 74.2 Å². The molecule has 0 aliphatic carbocycles. The van der Waals surface area contributed by atoms with E-state index >= 15 is 0 Å². The SMILES string of the molecule is CC(C)Oc1ccc(CNC(=O)c2cccc(C3CCCN(C(=O)Nc4ccccc4)C3)c2)cc1. The highest BCUT2D eigenvalue weighted by molar-refractivity contribution is 5.94. The second-order valence-corrected chi connectivity index (χ2v) is 9.20. The minimum atomic E-state index is -0.108. The molecule has 4 rings (SSSR count). The number of piperidine rings is 1. The Hall–Kier alpha value is -3.80.